The van der Waals surface area contributed by atoms with Crippen LogP contribution in [0.3, 0.4) is 0 Å². The van der Waals surface area contributed by atoms with Crippen molar-refractivity contribution in [2.24, 2.45) is 0 Å². The molecule has 4 rings (SSSR count). The molecule has 4 nitrogen and oxygen atoms in total. The van der Waals surface area contributed by atoms with Gasteiger partial charge in [-0.3, -0.25) is 9.36 Å². The van der Waals surface area contributed by atoms with Gasteiger partial charge in [-0.15, -0.1) is 11.3 Å². The molecular formula is C21H18N2O2S. The zero-order valence-electron chi connectivity index (χ0n) is 14.6. The predicted molar refractivity (Wildman–Crippen MR) is 107 cm³/mol. The number of rotatable bonds is 3. The molecule has 0 atom stereocenters. The summed E-state index contributed by atoms with van der Waals surface area (Å²) in [5.41, 5.74) is 3.84. The summed E-state index contributed by atoms with van der Waals surface area (Å²) in [4.78, 5) is 26.3. The van der Waals surface area contributed by atoms with Crippen molar-refractivity contribution < 1.29 is 0 Å². The van der Waals surface area contributed by atoms with Crippen LogP contribution in [0.2, 0.25) is 0 Å². The molecule has 0 radical (unpaired) electrons. The molecule has 2 aromatic heterocycles. The summed E-state index contributed by atoms with van der Waals surface area (Å²) in [5, 5.41) is 1.86. The summed E-state index contributed by atoms with van der Waals surface area (Å²) in [6, 6.07) is 17.4. The molecule has 0 fully saturated rings. The zero-order valence-corrected chi connectivity index (χ0v) is 15.4. The number of hydrogen-bond donors (Lipinski definition) is 0. The summed E-state index contributed by atoms with van der Waals surface area (Å²) in [7, 11) is 0. The van der Waals surface area contributed by atoms with Gasteiger partial charge in [0.1, 0.15) is 4.70 Å². The Morgan fingerprint density at radius 3 is 2.54 bits per heavy atom. The van der Waals surface area contributed by atoms with Gasteiger partial charge in [0.25, 0.3) is 5.56 Å². The van der Waals surface area contributed by atoms with Gasteiger partial charge < -0.3 is 0 Å². The third kappa shape index (κ3) is 2.70. The van der Waals surface area contributed by atoms with Crippen molar-refractivity contribution >= 4 is 21.6 Å². The number of hydrogen-bond acceptors (Lipinski definition) is 3. The Balaban J connectivity index is 2.02. The third-order valence-corrected chi connectivity index (χ3v) is 5.43. The Labute approximate surface area is 154 Å². The van der Waals surface area contributed by atoms with Crippen LogP contribution in [0.15, 0.2) is 69.6 Å². The largest absolute Gasteiger partial charge is 0.336 e. The fourth-order valence-corrected chi connectivity index (χ4v) is 4.08. The highest BCUT2D eigenvalue weighted by molar-refractivity contribution is 7.17. The third-order valence-electron chi connectivity index (χ3n) is 4.53. The molecule has 2 aromatic carbocycles. The second kappa shape index (κ2) is 6.42. The minimum atomic E-state index is -0.309. The van der Waals surface area contributed by atoms with Gasteiger partial charge in [0.2, 0.25) is 0 Å². The molecular weight excluding hydrogens is 344 g/mol. The van der Waals surface area contributed by atoms with Gasteiger partial charge in [-0.2, -0.15) is 0 Å². The van der Waals surface area contributed by atoms with Crippen molar-refractivity contribution in [2.75, 3.05) is 0 Å². The summed E-state index contributed by atoms with van der Waals surface area (Å²) < 4.78 is 3.58. The molecule has 0 amide bonds. The summed E-state index contributed by atoms with van der Waals surface area (Å²) in [6.45, 7) is 4.37. The quantitative estimate of drug-likeness (QED) is 0.555. The van der Waals surface area contributed by atoms with Gasteiger partial charge in [-0.05, 0) is 42.5 Å². The molecule has 26 heavy (non-hydrogen) atoms. The Bertz CT molecular complexity index is 1230. The summed E-state index contributed by atoms with van der Waals surface area (Å²) in [6.07, 6.45) is 0. The Hall–Kier alpha value is -2.92. The molecule has 0 N–H and O–H groups in total. The topological polar surface area (TPSA) is 44.0 Å². The standard InChI is InChI=1S/C21H18N2O2S/c1-14-6-5-8-16(12-14)13-22-18-10-11-26-19(18)20(24)23(21(22)25)17-9-4-3-7-15(17)2/h3-12H,13H2,1-2H3. The summed E-state index contributed by atoms with van der Waals surface area (Å²) in [5.74, 6) is 0. The number of fused-ring (bicyclic) bond motifs is 1. The van der Waals surface area contributed by atoms with Crippen LogP contribution in [-0.2, 0) is 6.54 Å². The molecule has 0 spiro atoms. The molecule has 0 aliphatic heterocycles. The van der Waals surface area contributed by atoms with Gasteiger partial charge in [0.15, 0.2) is 0 Å². The lowest BCUT2D eigenvalue weighted by molar-refractivity contribution is 0.714. The van der Waals surface area contributed by atoms with Gasteiger partial charge in [-0.1, -0.05) is 48.0 Å². The molecule has 5 heteroatoms. The molecule has 130 valence electrons. The van der Waals surface area contributed by atoms with Crippen molar-refractivity contribution in [1.82, 2.24) is 9.13 Å². The molecule has 2 heterocycles. The van der Waals surface area contributed by atoms with Crippen molar-refractivity contribution in [3.05, 3.63) is 97.5 Å². The molecule has 0 saturated carbocycles. The van der Waals surface area contributed by atoms with Gasteiger partial charge in [0, 0.05) is 0 Å². The number of para-hydroxylation sites is 1. The second-order valence-electron chi connectivity index (χ2n) is 6.42. The van der Waals surface area contributed by atoms with Crippen molar-refractivity contribution in [3.63, 3.8) is 0 Å². The van der Waals surface area contributed by atoms with Gasteiger partial charge in [0.05, 0.1) is 17.7 Å². The lowest BCUT2D eigenvalue weighted by Crippen LogP contribution is -2.39. The lowest BCUT2D eigenvalue weighted by atomic mass is 10.1. The second-order valence-corrected chi connectivity index (χ2v) is 7.34. The Morgan fingerprint density at radius 2 is 1.77 bits per heavy atom. The number of thiophene rings is 1. The average Bonchev–Trinajstić information content (AvgIpc) is 3.10. The maximum atomic E-state index is 13.3. The average molecular weight is 362 g/mol. The van der Waals surface area contributed by atoms with Crippen LogP contribution in [-0.4, -0.2) is 9.13 Å². The number of aryl methyl sites for hydroxylation is 2. The maximum Gasteiger partial charge on any atom is 0.336 e. The fraction of sp³-hybridized carbons (Fsp3) is 0.143. The highest BCUT2D eigenvalue weighted by atomic mass is 32.1. The van der Waals surface area contributed by atoms with E-state index in [-0.39, 0.29) is 11.2 Å². The summed E-state index contributed by atoms with van der Waals surface area (Å²) >= 11 is 1.37. The highest BCUT2D eigenvalue weighted by Gasteiger charge is 2.16. The molecule has 0 aliphatic rings. The monoisotopic (exact) mass is 362 g/mol. The first-order valence-electron chi connectivity index (χ1n) is 8.41. The zero-order chi connectivity index (χ0) is 18.3. The van der Waals surface area contributed by atoms with Gasteiger partial charge in [-0.25, -0.2) is 9.36 Å². The first-order chi connectivity index (χ1) is 12.6. The Kier molecular flexibility index (Phi) is 4.09. The van der Waals surface area contributed by atoms with E-state index in [0.717, 1.165) is 16.7 Å². The van der Waals surface area contributed by atoms with Crippen LogP contribution >= 0.6 is 11.3 Å². The molecule has 4 aromatic rings. The molecule has 0 aliphatic carbocycles. The van der Waals surface area contributed by atoms with E-state index in [1.54, 1.807) is 4.57 Å². The van der Waals surface area contributed by atoms with E-state index in [1.165, 1.54) is 15.9 Å². The van der Waals surface area contributed by atoms with E-state index in [1.807, 2.05) is 67.8 Å². The highest BCUT2D eigenvalue weighted by Crippen LogP contribution is 2.18. The van der Waals surface area contributed by atoms with Crippen LogP contribution in [0.5, 0.6) is 0 Å². The lowest BCUT2D eigenvalue weighted by Gasteiger charge is -2.14. The first kappa shape index (κ1) is 16.5. The van der Waals surface area contributed by atoms with E-state index in [2.05, 4.69) is 6.07 Å². The number of aromatic nitrogens is 2. The Morgan fingerprint density at radius 1 is 0.962 bits per heavy atom. The fourth-order valence-electron chi connectivity index (χ4n) is 3.26. The van der Waals surface area contributed by atoms with E-state index < -0.39 is 0 Å². The number of benzene rings is 2. The van der Waals surface area contributed by atoms with Crippen molar-refractivity contribution in [2.45, 2.75) is 20.4 Å². The smallest absolute Gasteiger partial charge is 0.288 e. The van der Waals surface area contributed by atoms with Gasteiger partial charge >= 0.3 is 5.69 Å². The minimum absolute atomic E-state index is 0.255. The first-order valence-corrected chi connectivity index (χ1v) is 9.29. The van der Waals surface area contributed by atoms with Crippen LogP contribution in [0, 0.1) is 13.8 Å². The molecule has 0 bridgehead atoms. The molecule has 0 saturated heterocycles. The van der Waals surface area contributed by atoms with Crippen molar-refractivity contribution in [3.8, 4) is 5.69 Å². The van der Waals surface area contributed by atoms with Crippen LogP contribution in [0.1, 0.15) is 16.7 Å². The normalized spacial score (nSPS) is 11.2. The van der Waals surface area contributed by atoms with E-state index in [0.29, 0.717) is 22.4 Å². The van der Waals surface area contributed by atoms with E-state index >= 15 is 0 Å². The van der Waals surface area contributed by atoms with E-state index in [9.17, 15) is 9.59 Å². The van der Waals surface area contributed by atoms with Crippen LogP contribution in [0.4, 0.5) is 0 Å². The maximum absolute atomic E-state index is 13.3. The molecule has 0 unspecified atom stereocenters. The SMILES string of the molecule is Cc1cccc(Cn2c(=O)n(-c3ccccc3C)c(=O)c3sccc32)c1. The van der Waals surface area contributed by atoms with Crippen LogP contribution in [0.25, 0.3) is 15.9 Å². The predicted octanol–water partition coefficient (Wildman–Crippen LogP) is 3.88. The van der Waals surface area contributed by atoms with Crippen molar-refractivity contribution in [1.29, 1.82) is 0 Å². The van der Waals surface area contributed by atoms with Crippen LogP contribution < -0.4 is 11.2 Å². The minimum Gasteiger partial charge on any atom is -0.288 e. The van der Waals surface area contributed by atoms with E-state index in [4.69, 9.17) is 0 Å². The number of nitrogens with zero attached hydrogens (tertiary/aromatic N) is 2.